The molecular weight excluding hydrogens is 610 g/mol. The summed E-state index contributed by atoms with van der Waals surface area (Å²) in [5.41, 5.74) is -0.480. The number of nitrogens with one attached hydrogen (secondary N) is 2. The van der Waals surface area contributed by atoms with E-state index in [4.69, 9.17) is 4.74 Å². The summed E-state index contributed by atoms with van der Waals surface area (Å²) in [6.07, 6.45) is 2.96. The third-order valence-electron chi connectivity index (χ3n) is 10.1. The monoisotopic (exact) mass is 665 g/mol. The van der Waals surface area contributed by atoms with Crippen molar-refractivity contribution in [3.05, 3.63) is 42.5 Å². The van der Waals surface area contributed by atoms with Crippen molar-refractivity contribution in [2.24, 2.45) is 34.5 Å². The van der Waals surface area contributed by atoms with Crippen molar-refractivity contribution >= 4 is 35.1 Å². The van der Waals surface area contributed by atoms with Crippen LogP contribution in [-0.2, 0) is 19.2 Å². The van der Waals surface area contributed by atoms with Crippen molar-refractivity contribution in [1.29, 1.82) is 0 Å². The quantitative estimate of drug-likeness (QED) is 0.126. The number of carbonyl (C=O) groups excluding carboxylic acids is 6. The standard InChI is InChI=1S/C38H55N3O7/c1-11-13-15-27(42)32(44)24(14-12-2)20-28(43)31-29-26(38(29,8)9)21-41(31)35(46)34(37(5,6)7)40-36(47)39-30(22(3)4)33(45)23-16-18-25(48-10)19-17-23/h11,16-19,22,24,26,29-31,34H,1,12-15,20-21H2,2-10H3,(H2,39,40,47)/t24?,26-,29-,30-,31+,34+/m0/s1. The second-order valence-electron chi connectivity index (χ2n) is 15.4. The molecule has 2 aliphatic rings. The van der Waals surface area contributed by atoms with Gasteiger partial charge in [0.15, 0.2) is 17.3 Å². The maximum atomic E-state index is 14.3. The normalized spacial score (nSPS) is 21.4. The number of rotatable bonds is 17. The molecule has 2 fully saturated rings. The number of piperidine rings is 1. The van der Waals surface area contributed by atoms with Crippen LogP contribution in [0.2, 0.25) is 0 Å². The van der Waals surface area contributed by atoms with E-state index in [-0.39, 0.29) is 53.5 Å². The van der Waals surface area contributed by atoms with Gasteiger partial charge in [-0.15, -0.1) is 6.58 Å². The second kappa shape index (κ2) is 15.6. The molecule has 1 aromatic rings. The summed E-state index contributed by atoms with van der Waals surface area (Å²) in [5.74, 6) is -2.28. The molecule has 2 N–H and O–H groups in total. The maximum Gasteiger partial charge on any atom is 0.316 e. The maximum absolute atomic E-state index is 14.3. The molecule has 6 atom stereocenters. The molecule has 48 heavy (non-hydrogen) atoms. The fraction of sp³-hybridized carbons (Fsp3) is 0.632. The molecule has 1 aromatic carbocycles. The third kappa shape index (κ3) is 8.60. The number of methoxy groups -OCH3 is 1. The van der Waals surface area contributed by atoms with Gasteiger partial charge in [0.2, 0.25) is 11.7 Å². The first-order valence-electron chi connectivity index (χ1n) is 17.2. The Labute approximate surface area is 285 Å². The lowest BCUT2D eigenvalue weighted by Crippen LogP contribution is -2.61. The molecule has 10 heteroatoms. The van der Waals surface area contributed by atoms with Gasteiger partial charge in [-0.05, 0) is 65.7 Å². The fourth-order valence-corrected chi connectivity index (χ4v) is 7.10. The molecule has 0 bridgehead atoms. The van der Waals surface area contributed by atoms with Crippen LogP contribution in [0.3, 0.4) is 0 Å². The van der Waals surface area contributed by atoms with Crippen LogP contribution in [0, 0.1) is 34.5 Å². The number of carbonyl (C=O) groups is 6. The number of ketones is 4. The lowest BCUT2D eigenvalue weighted by molar-refractivity contribution is -0.144. The molecule has 0 aromatic heterocycles. The fourth-order valence-electron chi connectivity index (χ4n) is 7.10. The van der Waals surface area contributed by atoms with Crippen LogP contribution in [0.1, 0.15) is 97.9 Å². The van der Waals surface area contributed by atoms with Gasteiger partial charge in [0.1, 0.15) is 11.8 Å². The molecule has 1 aliphatic heterocycles. The van der Waals surface area contributed by atoms with Crippen molar-refractivity contribution in [2.45, 2.75) is 106 Å². The van der Waals surface area contributed by atoms with E-state index in [1.165, 1.54) is 7.11 Å². The topological polar surface area (TPSA) is 139 Å². The van der Waals surface area contributed by atoms with Crippen LogP contribution in [0.25, 0.3) is 0 Å². The lowest BCUT2D eigenvalue weighted by atomic mass is 9.83. The number of nitrogens with zero attached hydrogens (tertiary/aromatic N) is 1. The Hall–Kier alpha value is -3.82. The number of hydrogen-bond donors (Lipinski definition) is 2. The largest absolute Gasteiger partial charge is 0.497 e. The summed E-state index contributed by atoms with van der Waals surface area (Å²) in [7, 11) is 1.54. The first-order chi connectivity index (χ1) is 22.4. The first kappa shape index (κ1) is 38.6. The Bertz CT molecular complexity index is 1390. The SMILES string of the molecule is C=CCCC(=O)C(=O)C(CCC)CC(=O)[C@@H]1[C@@H]2[C@H](CN1C(=O)[C@@H](NC(=O)N[C@H](C(=O)c1ccc(OC)cc1)C(C)C)C(C)(C)C)C2(C)C. The summed E-state index contributed by atoms with van der Waals surface area (Å²) in [6.45, 7) is 19.2. The van der Waals surface area contributed by atoms with E-state index < -0.39 is 47.1 Å². The second-order valence-corrected chi connectivity index (χ2v) is 15.4. The number of Topliss-reactive ketones (excluding diaryl/α,β-unsaturated/α-hetero) is 4. The van der Waals surface area contributed by atoms with Crippen LogP contribution in [-0.4, -0.2) is 71.8 Å². The predicted octanol–water partition coefficient (Wildman–Crippen LogP) is 5.58. The number of allylic oxidation sites excluding steroid dienone is 1. The summed E-state index contributed by atoms with van der Waals surface area (Å²) in [5, 5.41) is 5.63. The Morgan fingerprint density at radius 3 is 2.21 bits per heavy atom. The van der Waals surface area contributed by atoms with Crippen LogP contribution in [0.15, 0.2) is 36.9 Å². The number of urea groups is 1. The van der Waals surface area contributed by atoms with Gasteiger partial charge in [0.25, 0.3) is 0 Å². The van der Waals surface area contributed by atoms with Crippen LogP contribution >= 0.6 is 0 Å². The molecule has 3 amide bonds. The van der Waals surface area contributed by atoms with Crippen LogP contribution in [0.4, 0.5) is 4.79 Å². The zero-order chi connectivity index (χ0) is 36.1. The Balaban J connectivity index is 1.82. The molecule has 1 aliphatic carbocycles. The summed E-state index contributed by atoms with van der Waals surface area (Å²) in [6, 6.07) is 3.36. The van der Waals surface area contributed by atoms with Gasteiger partial charge < -0.3 is 20.3 Å². The Morgan fingerprint density at radius 1 is 1.06 bits per heavy atom. The van der Waals surface area contributed by atoms with E-state index in [1.807, 2.05) is 41.5 Å². The van der Waals surface area contributed by atoms with E-state index >= 15 is 0 Å². The molecule has 264 valence electrons. The molecule has 3 rings (SSSR count). The van der Waals surface area contributed by atoms with Gasteiger partial charge in [-0.25, -0.2) is 4.79 Å². The number of hydrogen-bond acceptors (Lipinski definition) is 7. The highest BCUT2D eigenvalue weighted by atomic mass is 16.5. The van der Waals surface area contributed by atoms with Gasteiger partial charge in [-0.2, -0.15) is 0 Å². The van der Waals surface area contributed by atoms with E-state index in [1.54, 1.807) is 35.2 Å². The van der Waals surface area contributed by atoms with Gasteiger partial charge in [-0.3, -0.25) is 24.0 Å². The number of ether oxygens (including phenoxy) is 1. The lowest BCUT2D eigenvalue weighted by Gasteiger charge is -2.38. The van der Waals surface area contributed by atoms with Crippen molar-refractivity contribution in [1.82, 2.24) is 15.5 Å². The first-order valence-corrected chi connectivity index (χ1v) is 17.2. The molecule has 10 nitrogen and oxygen atoms in total. The highest BCUT2D eigenvalue weighted by Gasteiger charge is 2.69. The van der Waals surface area contributed by atoms with E-state index in [0.29, 0.717) is 37.1 Å². The smallest absolute Gasteiger partial charge is 0.316 e. The summed E-state index contributed by atoms with van der Waals surface area (Å²) in [4.78, 5) is 82.5. The van der Waals surface area contributed by atoms with Crippen LogP contribution in [0.5, 0.6) is 5.75 Å². The van der Waals surface area contributed by atoms with E-state index in [9.17, 15) is 28.8 Å². The number of amides is 3. The molecule has 0 radical (unpaired) electrons. The van der Waals surface area contributed by atoms with Gasteiger partial charge in [0.05, 0.1) is 19.2 Å². The zero-order valence-electron chi connectivity index (χ0n) is 30.2. The van der Waals surface area contributed by atoms with Gasteiger partial charge in [-0.1, -0.05) is 67.9 Å². The van der Waals surface area contributed by atoms with E-state index in [0.717, 1.165) is 0 Å². The van der Waals surface area contributed by atoms with Gasteiger partial charge in [0, 0.05) is 30.9 Å². The average Bonchev–Trinajstić information content (AvgIpc) is 3.34. The highest BCUT2D eigenvalue weighted by molar-refractivity contribution is 6.38. The number of fused-ring (bicyclic) bond motifs is 1. The van der Waals surface area contributed by atoms with Crippen molar-refractivity contribution in [3.8, 4) is 5.75 Å². The van der Waals surface area contributed by atoms with Crippen LogP contribution < -0.4 is 15.4 Å². The molecule has 0 spiro atoms. The molecule has 1 saturated heterocycles. The highest BCUT2D eigenvalue weighted by Crippen LogP contribution is 2.65. The minimum absolute atomic E-state index is 0.0624. The average molecular weight is 666 g/mol. The van der Waals surface area contributed by atoms with E-state index in [2.05, 4.69) is 31.1 Å². The third-order valence-corrected chi connectivity index (χ3v) is 10.1. The Kier molecular flexibility index (Phi) is 12.6. The minimum Gasteiger partial charge on any atom is -0.497 e. The van der Waals surface area contributed by atoms with Crippen molar-refractivity contribution in [2.75, 3.05) is 13.7 Å². The molecule has 1 heterocycles. The van der Waals surface area contributed by atoms with Crippen molar-refractivity contribution < 1.29 is 33.5 Å². The van der Waals surface area contributed by atoms with Gasteiger partial charge >= 0.3 is 6.03 Å². The molecule has 1 unspecified atom stereocenters. The summed E-state index contributed by atoms with van der Waals surface area (Å²) < 4.78 is 5.19. The molecule has 1 saturated carbocycles. The minimum atomic E-state index is -1.01. The number of benzene rings is 1. The predicted molar refractivity (Wildman–Crippen MR) is 185 cm³/mol. The Morgan fingerprint density at radius 2 is 1.69 bits per heavy atom. The zero-order valence-corrected chi connectivity index (χ0v) is 30.2. The number of likely N-dealkylation sites (tertiary alicyclic amines) is 1. The van der Waals surface area contributed by atoms with Crippen molar-refractivity contribution in [3.63, 3.8) is 0 Å². The molecular formula is C38H55N3O7. The summed E-state index contributed by atoms with van der Waals surface area (Å²) >= 11 is 0.